The molecule has 0 saturated carbocycles. The molecule has 2 aliphatic heterocycles. The molecule has 0 bridgehead atoms. The molecule has 0 radical (unpaired) electrons. The van der Waals surface area contributed by atoms with Crippen LogP contribution in [-0.4, -0.2) is 46.5 Å². The Bertz CT molecular complexity index is 1580. The maximum atomic E-state index is 12.4. The molecular weight excluding hydrogens is 564 g/mol. The van der Waals surface area contributed by atoms with Crippen LogP contribution in [0, 0.1) is 13.8 Å². The van der Waals surface area contributed by atoms with Crippen LogP contribution in [0.2, 0.25) is 0 Å². The molecule has 0 aromatic carbocycles. The molecule has 2 N–H and O–H groups in total. The van der Waals surface area contributed by atoms with Crippen molar-refractivity contribution < 1.29 is 19.1 Å². The summed E-state index contributed by atoms with van der Waals surface area (Å²) >= 11 is 0. The summed E-state index contributed by atoms with van der Waals surface area (Å²) in [6.45, 7) is 21.0. The third kappa shape index (κ3) is 7.38. The number of ether oxygens (including phenoxy) is 2. The number of allylic oxidation sites excluding steroid dienone is 4. The summed E-state index contributed by atoms with van der Waals surface area (Å²) in [4.78, 5) is 41.8. The molecule has 2 aromatic heterocycles. The van der Waals surface area contributed by atoms with Crippen molar-refractivity contribution in [3.8, 4) is 0 Å². The number of carbonyl (C=O) groups is 2. The van der Waals surface area contributed by atoms with E-state index in [4.69, 9.17) is 19.5 Å². The molecule has 0 aliphatic carbocycles. The fourth-order valence-corrected chi connectivity index (χ4v) is 5.98. The molecule has 2 aliphatic rings. The van der Waals surface area contributed by atoms with Gasteiger partial charge in [-0.3, -0.25) is 19.6 Å². The molecule has 240 valence electrons. The molecule has 4 heterocycles. The smallest absolute Gasteiger partial charge is 0.306 e. The van der Waals surface area contributed by atoms with Crippen molar-refractivity contribution >= 4 is 35.5 Å². The number of esters is 2. The summed E-state index contributed by atoms with van der Waals surface area (Å²) in [6.07, 6.45) is 6.50. The molecule has 45 heavy (non-hydrogen) atoms. The average molecular weight is 613 g/mol. The molecule has 0 spiro atoms. The Morgan fingerprint density at radius 3 is 1.31 bits per heavy atom. The SMILES string of the molecule is CCOC(=O)CCc1c(Cc2[nH]c(/C=C3/N=C(C)C(C)=C3C)c(C)c2CCC(=O)OCC)[nH]c(/C=C2\N=C(C)C(C)=C2C)c1C. The molecule has 0 unspecified atom stereocenters. The van der Waals surface area contributed by atoms with E-state index in [0.717, 1.165) is 67.8 Å². The summed E-state index contributed by atoms with van der Waals surface area (Å²) in [6, 6.07) is 0. The van der Waals surface area contributed by atoms with Crippen molar-refractivity contribution in [1.82, 2.24) is 9.97 Å². The van der Waals surface area contributed by atoms with Crippen molar-refractivity contribution in [3.63, 3.8) is 0 Å². The summed E-state index contributed by atoms with van der Waals surface area (Å²) in [5.41, 5.74) is 17.1. The Morgan fingerprint density at radius 2 is 1.00 bits per heavy atom. The van der Waals surface area contributed by atoms with Crippen molar-refractivity contribution in [3.05, 3.63) is 78.7 Å². The number of hydrogen-bond donors (Lipinski definition) is 2. The Morgan fingerprint density at radius 1 is 0.622 bits per heavy atom. The Hall–Kier alpha value is -4.20. The van der Waals surface area contributed by atoms with Crippen molar-refractivity contribution in [2.24, 2.45) is 9.98 Å². The lowest BCUT2D eigenvalue weighted by molar-refractivity contribution is -0.144. The number of rotatable bonds is 12. The number of hydrogen-bond acceptors (Lipinski definition) is 6. The topological polar surface area (TPSA) is 109 Å². The van der Waals surface area contributed by atoms with E-state index in [9.17, 15) is 9.59 Å². The van der Waals surface area contributed by atoms with Gasteiger partial charge >= 0.3 is 11.9 Å². The summed E-state index contributed by atoms with van der Waals surface area (Å²) in [5.74, 6) is -0.416. The van der Waals surface area contributed by atoms with Crippen LogP contribution in [0.4, 0.5) is 0 Å². The molecule has 8 nitrogen and oxygen atoms in total. The zero-order valence-corrected chi connectivity index (χ0v) is 28.6. The highest BCUT2D eigenvalue weighted by atomic mass is 16.5. The van der Waals surface area contributed by atoms with Crippen LogP contribution in [0.15, 0.2) is 43.7 Å². The number of carbonyl (C=O) groups excluding carboxylic acids is 2. The second kappa shape index (κ2) is 14.3. The first-order valence-electron chi connectivity index (χ1n) is 16.0. The maximum absolute atomic E-state index is 12.4. The first-order chi connectivity index (χ1) is 21.4. The van der Waals surface area contributed by atoms with Crippen molar-refractivity contribution in [2.45, 2.75) is 101 Å². The second-order valence-corrected chi connectivity index (χ2v) is 12.0. The third-order valence-corrected chi connectivity index (χ3v) is 9.25. The Kier molecular flexibility index (Phi) is 10.7. The van der Waals surface area contributed by atoms with Gasteiger partial charge in [0.15, 0.2) is 0 Å². The zero-order valence-electron chi connectivity index (χ0n) is 28.6. The molecule has 0 saturated heterocycles. The van der Waals surface area contributed by atoms with Gasteiger partial charge in [-0.25, -0.2) is 0 Å². The van der Waals surface area contributed by atoms with Gasteiger partial charge < -0.3 is 19.4 Å². The van der Waals surface area contributed by atoms with E-state index in [2.05, 4.69) is 63.7 Å². The van der Waals surface area contributed by atoms with Crippen LogP contribution < -0.4 is 0 Å². The van der Waals surface area contributed by atoms with E-state index in [1.54, 1.807) is 0 Å². The number of aliphatic imine (C=N–C) groups is 2. The van der Waals surface area contributed by atoms with E-state index >= 15 is 0 Å². The van der Waals surface area contributed by atoms with Crippen molar-refractivity contribution in [1.29, 1.82) is 0 Å². The van der Waals surface area contributed by atoms with E-state index < -0.39 is 0 Å². The van der Waals surface area contributed by atoms with Gasteiger partial charge in [-0.1, -0.05) is 0 Å². The fourth-order valence-electron chi connectivity index (χ4n) is 5.98. The molecule has 0 amide bonds. The van der Waals surface area contributed by atoms with Crippen LogP contribution in [0.3, 0.4) is 0 Å². The van der Waals surface area contributed by atoms with Gasteiger partial charge in [0.2, 0.25) is 0 Å². The number of nitrogens with one attached hydrogen (secondary N) is 2. The summed E-state index contributed by atoms with van der Waals surface area (Å²) < 4.78 is 10.5. The zero-order chi connectivity index (χ0) is 33.0. The van der Waals surface area contributed by atoms with Gasteiger partial charge in [0, 0.05) is 53.5 Å². The quantitative estimate of drug-likeness (QED) is 0.238. The lowest BCUT2D eigenvalue weighted by atomic mass is 9.98. The van der Waals surface area contributed by atoms with Crippen LogP contribution in [-0.2, 0) is 38.3 Å². The van der Waals surface area contributed by atoms with Gasteiger partial charge in [-0.2, -0.15) is 0 Å². The minimum absolute atomic E-state index is 0.208. The molecular formula is C37H48N4O4. The normalized spacial score (nSPS) is 16.8. The predicted molar refractivity (Wildman–Crippen MR) is 183 cm³/mol. The van der Waals surface area contributed by atoms with E-state index in [1.165, 1.54) is 22.3 Å². The number of nitrogens with zero attached hydrogens (tertiary/aromatic N) is 2. The number of H-pyrrole nitrogens is 2. The standard InChI is InChI=1S/C37H48N4O4/c1-11-44-36(42)15-13-28-24(7)32(17-30-22(5)20(3)26(9)38-30)40-34(28)19-35-29(14-16-37(43)45-12-2)25(8)33(41-35)18-31-23(6)21(4)27(10)39-31/h17-18,40-41H,11-16,19H2,1-10H3/b30-17-,31-18+. The molecule has 0 atom stereocenters. The molecule has 8 heteroatoms. The predicted octanol–water partition coefficient (Wildman–Crippen LogP) is 7.85. The van der Waals surface area contributed by atoms with Gasteiger partial charge in [-0.15, -0.1) is 0 Å². The molecule has 2 aromatic rings. The lowest BCUT2D eigenvalue weighted by Gasteiger charge is -2.08. The van der Waals surface area contributed by atoms with Gasteiger partial charge in [0.05, 0.1) is 24.6 Å². The monoisotopic (exact) mass is 612 g/mol. The van der Waals surface area contributed by atoms with Gasteiger partial charge in [0.1, 0.15) is 0 Å². The lowest BCUT2D eigenvalue weighted by Crippen LogP contribution is -2.08. The highest BCUT2D eigenvalue weighted by molar-refractivity contribution is 6.04. The van der Waals surface area contributed by atoms with Gasteiger partial charge in [-0.05, 0) is 139 Å². The van der Waals surface area contributed by atoms with E-state index in [-0.39, 0.29) is 11.9 Å². The largest absolute Gasteiger partial charge is 0.466 e. The van der Waals surface area contributed by atoms with Gasteiger partial charge in [0.25, 0.3) is 0 Å². The highest BCUT2D eigenvalue weighted by Crippen LogP contribution is 2.33. The Labute approximate surface area is 267 Å². The molecule has 4 rings (SSSR count). The van der Waals surface area contributed by atoms with Crippen LogP contribution in [0.5, 0.6) is 0 Å². The third-order valence-electron chi connectivity index (χ3n) is 9.25. The molecule has 0 fully saturated rings. The fraction of sp³-hybridized carbons (Fsp3) is 0.459. The van der Waals surface area contributed by atoms with Crippen LogP contribution in [0.1, 0.15) is 113 Å². The van der Waals surface area contributed by atoms with E-state index in [0.29, 0.717) is 45.3 Å². The van der Waals surface area contributed by atoms with Crippen LogP contribution in [0.25, 0.3) is 12.2 Å². The minimum atomic E-state index is -0.208. The average Bonchev–Trinajstić information content (AvgIpc) is 3.62. The maximum Gasteiger partial charge on any atom is 0.306 e. The first-order valence-corrected chi connectivity index (χ1v) is 16.0. The first kappa shape index (κ1) is 33.7. The van der Waals surface area contributed by atoms with Crippen molar-refractivity contribution in [2.75, 3.05) is 13.2 Å². The highest BCUT2D eigenvalue weighted by Gasteiger charge is 2.22. The Balaban J connectivity index is 1.79. The van der Waals surface area contributed by atoms with Crippen LogP contribution >= 0.6 is 0 Å². The number of aromatic amines is 2. The summed E-state index contributed by atoms with van der Waals surface area (Å²) in [5, 5.41) is 0. The summed E-state index contributed by atoms with van der Waals surface area (Å²) in [7, 11) is 0. The second-order valence-electron chi connectivity index (χ2n) is 12.0. The van der Waals surface area contributed by atoms with E-state index in [1.807, 2.05) is 27.7 Å². The minimum Gasteiger partial charge on any atom is -0.466 e. The number of aromatic nitrogens is 2.